The first-order chi connectivity index (χ1) is 12.8. The maximum Gasteiger partial charge on any atom is 0.306 e. The summed E-state index contributed by atoms with van der Waals surface area (Å²) in [5, 5.41) is 0. The van der Waals surface area contributed by atoms with E-state index in [0.717, 1.165) is 19.3 Å². The van der Waals surface area contributed by atoms with Gasteiger partial charge in [-0.1, -0.05) is 110 Å². The molecule has 1 aliphatic rings. The van der Waals surface area contributed by atoms with Crippen molar-refractivity contribution >= 4 is 5.97 Å². The van der Waals surface area contributed by atoms with E-state index < -0.39 is 0 Å². The van der Waals surface area contributed by atoms with Crippen LogP contribution in [0.5, 0.6) is 0 Å². The zero-order valence-corrected chi connectivity index (χ0v) is 17.7. The van der Waals surface area contributed by atoms with Gasteiger partial charge in [-0.25, -0.2) is 0 Å². The lowest BCUT2D eigenvalue weighted by Gasteiger charge is -2.21. The SMILES string of the molecule is CCCCCCCCCCCCCCCCCCCC1CCCC(=O)O1. The molecule has 0 amide bonds. The van der Waals surface area contributed by atoms with Crippen LogP contribution in [0.15, 0.2) is 0 Å². The first-order valence-electron chi connectivity index (χ1n) is 12.0. The zero-order chi connectivity index (χ0) is 18.7. The molecule has 154 valence electrons. The molecule has 1 heterocycles. The molecule has 0 radical (unpaired) electrons. The number of hydrogen-bond acceptors (Lipinski definition) is 2. The Balaban J connectivity index is 1.69. The predicted octanol–water partition coefficient (Wildman–Crippen LogP) is 8.12. The first kappa shape index (κ1) is 23.5. The summed E-state index contributed by atoms with van der Waals surface area (Å²) >= 11 is 0. The Hall–Kier alpha value is -0.530. The van der Waals surface area contributed by atoms with E-state index in [9.17, 15) is 4.79 Å². The molecule has 0 N–H and O–H groups in total. The van der Waals surface area contributed by atoms with Crippen LogP contribution in [0, 0.1) is 0 Å². The molecular formula is C24H46O2. The van der Waals surface area contributed by atoms with Gasteiger partial charge in [0, 0.05) is 6.42 Å². The summed E-state index contributed by atoms with van der Waals surface area (Å²) in [6.07, 6.45) is 28.1. The van der Waals surface area contributed by atoms with Gasteiger partial charge in [-0.05, 0) is 25.7 Å². The van der Waals surface area contributed by atoms with E-state index in [2.05, 4.69) is 6.92 Å². The number of unbranched alkanes of at least 4 members (excludes halogenated alkanes) is 16. The average molecular weight is 367 g/mol. The van der Waals surface area contributed by atoms with E-state index >= 15 is 0 Å². The number of esters is 1. The lowest BCUT2D eigenvalue weighted by atomic mass is 10.0. The molecule has 0 bridgehead atoms. The third-order valence-electron chi connectivity index (χ3n) is 5.83. The number of rotatable bonds is 18. The van der Waals surface area contributed by atoms with E-state index in [4.69, 9.17) is 4.74 Å². The van der Waals surface area contributed by atoms with E-state index in [1.165, 1.54) is 109 Å². The molecule has 0 aromatic carbocycles. The summed E-state index contributed by atoms with van der Waals surface area (Å²) in [5.41, 5.74) is 0. The molecular weight excluding hydrogens is 320 g/mol. The normalized spacial score (nSPS) is 17.4. The summed E-state index contributed by atoms with van der Waals surface area (Å²) in [4.78, 5) is 11.2. The van der Waals surface area contributed by atoms with Crippen LogP contribution in [0.3, 0.4) is 0 Å². The summed E-state index contributed by atoms with van der Waals surface area (Å²) in [6.45, 7) is 2.29. The van der Waals surface area contributed by atoms with Gasteiger partial charge in [-0.3, -0.25) is 4.79 Å². The highest BCUT2D eigenvalue weighted by molar-refractivity contribution is 5.70. The van der Waals surface area contributed by atoms with Crippen molar-refractivity contribution in [2.24, 2.45) is 0 Å². The molecule has 1 saturated heterocycles. The Morgan fingerprint density at radius 1 is 0.692 bits per heavy atom. The van der Waals surface area contributed by atoms with E-state index in [1.54, 1.807) is 0 Å². The summed E-state index contributed by atoms with van der Waals surface area (Å²) in [6, 6.07) is 0. The van der Waals surface area contributed by atoms with Crippen LogP contribution in [0.4, 0.5) is 0 Å². The monoisotopic (exact) mass is 366 g/mol. The van der Waals surface area contributed by atoms with Crippen molar-refractivity contribution in [3.05, 3.63) is 0 Å². The number of carbonyl (C=O) groups excluding carboxylic acids is 1. The van der Waals surface area contributed by atoms with Gasteiger partial charge >= 0.3 is 5.97 Å². The van der Waals surface area contributed by atoms with Crippen LogP contribution in [-0.4, -0.2) is 12.1 Å². The van der Waals surface area contributed by atoms with Crippen molar-refractivity contribution in [1.82, 2.24) is 0 Å². The largest absolute Gasteiger partial charge is 0.462 e. The smallest absolute Gasteiger partial charge is 0.306 e. The van der Waals surface area contributed by atoms with Gasteiger partial charge in [0.05, 0.1) is 0 Å². The predicted molar refractivity (Wildman–Crippen MR) is 113 cm³/mol. The Morgan fingerprint density at radius 2 is 1.12 bits per heavy atom. The Bertz CT molecular complexity index is 313. The van der Waals surface area contributed by atoms with Crippen molar-refractivity contribution in [2.45, 2.75) is 148 Å². The second kappa shape index (κ2) is 17.9. The molecule has 0 aliphatic carbocycles. The standard InChI is InChI=1S/C24H46O2/c1-2-3-4-5-6-7-8-9-10-11-12-13-14-15-16-17-18-20-23-21-19-22-24(25)26-23/h23H,2-22H2,1H3. The molecule has 1 fully saturated rings. The van der Waals surface area contributed by atoms with Gasteiger partial charge in [0.15, 0.2) is 0 Å². The van der Waals surface area contributed by atoms with Crippen LogP contribution < -0.4 is 0 Å². The third kappa shape index (κ3) is 14.6. The number of cyclic esters (lactones) is 1. The van der Waals surface area contributed by atoms with Crippen LogP contribution in [0.1, 0.15) is 142 Å². The van der Waals surface area contributed by atoms with Crippen molar-refractivity contribution in [1.29, 1.82) is 0 Å². The summed E-state index contributed by atoms with van der Waals surface area (Å²) < 4.78 is 5.38. The third-order valence-corrected chi connectivity index (χ3v) is 5.83. The molecule has 2 nitrogen and oxygen atoms in total. The fourth-order valence-corrected chi connectivity index (χ4v) is 4.08. The van der Waals surface area contributed by atoms with Crippen molar-refractivity contribution in [3.63, 3.8) is 0 Å². The van der Waals surface area contributed by atoms with Crippen molar-refractivity contribution < 1.29 is 9.53 Å². The maximum absolute atomic E-state index is 11.2. The van der Waals surface area contributed by atoms with Crippen LogP contribution >= 0.6 is 0 Å². The molecule has 1 atom stereocenters. The highest BCUT2D eigenvalue weighted by Gasteiger charge is 2.19. The zero-order valence-electron chi connectivity index (χ0n) is 17.7. The Labute approximate surface area is 163 Å². The molecule has 0 aromatic heterocycles. The van der Waals surface area contributed by atoms with E-state index in [1.807, 2.05) is 0 Å². The number of hydrogen-bond donors (Lipinski definition) is 0. The highest BCUT2D eigenvalue weighted by Crippen LogP contribution is 2.20. The van der Waals surface area contributed by atoms with Gasteiger partial charge in [-0.2, -0.15) is 0 Å². The van der Waals surface area contributed by atoms with Crippen LogP contribution in [-0.2, 0) is 9.53 Å². The summed E-state index contributed by atoms with van der Waals surface area (Å²) in [5.74, 6) is 0.0215. The second-order valence-corrected chi connectivity index (χ2v) is 8.45. The van der Waals surface area contributed by atoms with Crippen LogP contribution in [0.2, 0.25) is 0 Å². The minimum atomic E-state index is 0.0215. The molecule has 2 heteroatoms. The van der Waals surface area contributed by atoms with E-state index in [-0.39, 0.29) is 12.1 Å². The fourth-order valence-electron chi connectivity index (χ4n) is 4.08. The highest BCUT2D eigenvalue weighted by atomic mass is 16.5. The first-order valence-corrected chi connectivity index (χ1v) is 12.0. The van der Waals surface area contributed by atoms with Crippen molar-refractivity contribution in [3.8, 4) is 0 Å². The van der Waals surface area contributed by atoms with Gasteiger partial charge in [0.25, 0.3) is 0 Å². The molecule has 1 unspecified atom stereocenters. The Morgan fingerprint density at radius 3 is 1.54 bits per heavy atom. The molecule has 1 rings (SSSR count). The van der Waals surface area contributed by atoms with Crippen molar-refractivity contribution in [2.75, 3.05) is 0 Å². The molecule has 1 aliphatic heterocycles. The van der Waals surface area contributed by atoms with Gasteiger partial charge in [0.2, 0.25) is 0 Å². The quantitative estimate of drug-likeness (QED) is 0.181. The lowest BCUT2D eigenvalue weighted by Crippen LogP contribution is -2.23. The number of ether oxygens (including phenoxy) is 1. The lowest BCUT2D eigenvalue weighted by molar-refractivity contribution is -0.154. The molecule has 0 aromatic rings. The van der Waals surface area contributed by atoms with E-state index in [0.29, 0.717) is 6.42 Å². The minimum absolute atomic E-state index is 0.0215. The fraction of sp³-hybridized carbons (Fsp3) is 0.958. The second-order valence-electron chi connectivity index (χ2n) is 8.45. The summed E-state index contributed by atoms with van der Waals surface area (Å²) in [7, 11) is 0. The molecule has 0 saturated carbocycles. The average Bonchev–Trinajstić information content (AvgIpc) is 2.64. The number of carbonyl (C=O) groups is 1. The van der Waals surface area contributed by atoms with Gasteiger partial charge < -0.3 is 4.74 Å². The minimum Gasteiger partial charge on any atom is -0.462 e. The maximum atomic E-state index is 11.2. The van der Waals surface area contributed by atoms with Gasteiger partial charge in [0.1, 0.15) is 6.10 Å². The molecule has 26 heavy (non-hydrogen) atoms. The topological polar surface area (TPSA) is 26.3 Å². The Kier molecular flexibility index (Phi) is 16.2. The van der Waals surface area contributed by atoms with Crippen LogP contribution in [0.25, 0.3) is 0 Å². The molecule has 0 spiro atoms. The van der Waals surface area contributed by atoms with Gasteiger partial charge in [-0.15, -0.1) is 0 Å².